The van der Waals surface area contributed by atoms with Crippen LogP contribution in [0.4, 0.5) is 23.1 Å². The monoisotopic (exact) mass is 375 g/mol. The van der Waals surface area contributed by atoms with Crippen LogP contribution in [0.15, 0.2) is 30.6 Å². The molecule has 10 heteroatoms. The highest BCUT2D eigenvalue weighted by Gasteiger charge is 2.16. The molecule has 9 nitrogen and oxygen atoms in total. The third kappa shape index (κ3) is 4.02. The van der Waals surface area contributed by atoms with Crippen LogP contribution in [-0.4, -0.2) is 47.7 Å². The minimum absolute atomic E-state index is 0.242. The Balaban J connectivity index is 1.95. The molecule has 0 fully saturated rings. The topological polar surface area (TPSA) is 116 Å². The maximum absolute atomic E-state index is 11.4. The highest BCUT2D eigenvalue weighted by atomic mass is 32.2. The molecule has 138 valence electrons. The van der Waals surface area contributed by atoms with E-state index in [4.69, 9.17) is 0 Å². The molecule has 0 atom stereocenters. The van der Waals surface area contributed by atoms with Crippen molar-refractivity contribution < 1.29 is 8.42 Å². The Morgan fingerprint density at radius 2 is 1.92 bits per heavy atom. The first-order valence-electron chi connectivity index (χ1n) is 8.02. The Hall–Kier alpha value is -2.88. The lowest BCUT2D eigenvalue weighted by atomic mass is 10.3. The third-order valence-corrected chi connectivity index (χ3v) is 4.40. The summed E-state index contributed by atoms with van der Waals surface area (Å²) in [6, 6.07) is 7.13. The second-order valence-corrected chi connectivity index (χ2v) is 8.01. The fourth-order valence-corrected chi connectivity index (χ4v) is 2.93. The maximum atomic E-state index is 11.4. The largest absolute Gasteiger partial charge is 0.355 e. The van der Waals surface area contributed by atoms with Gasteiger partial charge < -0.3 is 15.2 Å². The zero-order valence-corrected chi connectivity index (χ0v) is 15.8. The van der Waals surface area contributed by atoms with Crippen molar-refractivity contribution >= 4 is 44.3 Å². The average molecular weight is 375 g/mol. The molecular weight excluding hydrogens is 354 g/mol. The molecule has 2 aromatic heterocycles. The minimum Gasteiger partial charge on any atom is -0.355 e. The first-order chi connectivity index (χ1) is 12.2. The summed E-state index contributed by atoms with van der Waals surface area (Å²) in [6.45, 7) is 4.13. The van der Waals surface area contributed by atoms with Crippen molar-refractivity contribution in [3.8, 4) is 0 Å². The first kappa shape index (κ1) is 17.9. The van der Waals surface area contributed by atoms with Crippen molar-refractivity contribution in [2.75, 3.05) is 28.2 Å². The molecule has 0 unspecified atom stereocenters. The van der Waals surface area contributed by atoms with Gasteiger partial charge in [-0.1, -0.05) is 6.07 Å². The van der Waals surface area contributed by atoms with Crippen LogP contribution in [-0.2, 0) is 10.0 Å². The lowest BCUT2D eigenvalue weighted by molar-refractivity contribution is 0.607. The predicted molar refractivity (Wildman–Crippen MR) is 103 cm³/mol. The zero-order valence-electron chi connectivity index (χ0n) is 15.0. The number of imidazole rings is 1. The van der Waals surface area contributed by atoms with E-state index in [1.54, 1.807) is 30.6 Å². The van der Waals surface area contributed by atoms with Gasteiger partial charge in [0.15, 0.2) is 11.5 Å². The fraction of sp³-hybridized carbons (Fsp3) is 0.312. The SMILES string of the molecule is CC(C)N(C)c1nc(Nc2cccc(NS(C)(=O)=O)c2)nc2nc[nH]c12. The predicted octanol–water partition coefficient (Wildman–Crippen LogP) is 2.31. The van der Waals surface area contributed by atoms with E-state index in [0.29, 0.717) is 23.0 Å². The van der Waals surface area contributed by atoms with Gasteiger partial charge in [-0.15, -0.1) is 0 Å². The van der Waals surface area contributed by atoms with Gasteiger partial charge >= 0.3 is 0 Å². The number of H-pyrrole nitrogens is 1. The van der Waals surface area contributed by atoms with E-state index in [9.17, 15) is 8.42 Å². The minimum atomic E-state index is -3.35. The molecule has 1 aromatic carbocycles. The van der Waals surface area contributed by atoms with Crippen LogP contribution in [0.2, 0.25) is 0 Å². The average Bonchev–Trinajstić information content (AvgIpc) is 3.00. The number of anilines is 4. The Kier molecular flexibility index (Phi) is 4.68. The van der Waals surface area contributed by atoms with Gasteiger partial charge in [-0.25, -0.2) is 13.4 Å². The Bertz CT molecular complexity index is 1030. The number of aromatic amines is 1. The fourth-order valence-electron chi connectivity index (χ4n) is 2.38. The summed E-state index contributed by atoms with van der Waals surface area (Å²) in [5.74, 6) is 1.11. The van der Waals surface area contributed by atoms with Crippen molar-refractivity contribution in [2.45, 2.75) is 19.9 Å². The molecule has 0 aliphatic carbocycles. The standard InChI is InChI=1S/C16H21N7O2S/c1-10(2)23(3)15-13-14(18-9-17-13)20-16(21-15)19-11-6-5-7-12(8-11)22-26(4,24)25/h5-10,22H,1-4H3,(H2,17,18,19,20,21). The van der Waals surface area contributed by atoms with Gasteiger partial charge in [0.2, 0.25) is 16.0 Å². The quantitative estimate of drug-likeness (QED) is 0.605. The van der Waals surface area contributed by atoms with Crippen molar-refractivity contribution in [1.29, 1.82) is 0 Å². The van der Waals surface area contributed by atoms with Gasteiger partial charge in [0.05, 0.1) is 18.3 Å². The zero-order chi connectivity index (χ0) is 18.9. The smallest absolute Gasteiger partial charge is 0.231 e. The molecular formula is C16H21N7O2S. The Morgan fingerprint density at radius 3 is 2.62 bits per heavy atom. The van der Waals surface area contributed by atoms with E-state index in [2.05, 4.69) is 43.8 Å². The third-order valence-electron chi connectivity index (χ3n) is 3.80. The van der Waals surface area contributed by atoms with Crippen LogP contribution in [0.3, 0.4) is 0 Å². The summed E-state index contributed by atoms with van der Waals surface area (Å²) in [7, 11) is -1.39. The number of sulfonamides is 1. The summed E-state index contributed by atoms with van der Waals surface area (Å²) >= 11 is 0. The first-order valence-corrected chi connectivity index (χ1v) is 9.91. The van der Waals surface area contributed by atoms with Gasteiger partial charge in [-0.05, 0) is 32.0 Å². The van der Waals surface area contributed by atoms with Crippen LogP contribution >= 0.6 is 0 Å². The number of fused-ring (bicyclic) bond motifs is 1. The molecule has 0 aliphatic heterocycles. The molecule has 0 radical (unpaired) electrons. The number of hydrogen-bond acceptors (Lipinski definition) is 7. The summed E-state index contributed by atoms with van der Waals surface area (Å²) in [6.07, 6.45) is 2.69. The van der Waals surface area contributed by atoms with E-state index in [-0.39, 0.29) is 6.04 Å². The van der Waals surface area contributed by atoms with Crippen molar-refractivity contribution in [3.63, 3.8) is 0 Å². The summed E-state index contributed by atoms with van der Waals surface area (Å²) in [5, 5.41) is 3.11. The van der Waals surface area contributed by atoms with Crippen LogP contribution in [0, 0.1) is 0 Å². The van der Waals surface area contributed by atoms with E-state index >= 15 is 0 Å². The molecule has 0 amide bonds. The number of hydrogen-bond donors (Lipinski definition) is 3. The number of nitrogens with zero attached hydrogens (tertiary/aromatic N) is 4. The molecule has 3 N–H and O–H groups in total. The highest BCUT2D eigenvalue weighted by molar-refractivity contribution is 7.92. The summed E-state index contributed by atoms with van der Waals surface area (Å²) in [5.41, 5.74) is 2.43. The van der Waals surface area contributed by atoms with Crippen molar-refractivity contribution in [1.82, 2.24) is 19.9 Å². The van der Waals surface area contributed by atoms with Crippen LogP contribution < -0.4 is 14.9 Å². The second-order valence-electron chi connectivity index (χ2n) is 6.26. The van der Waals surface area contributed by atoms with Crippen molar-refractivity contribution in [2.24, 2.45) is 0 Å². The number of aromatic nitrogens is 4. The Labute approximate surface area is 151 Å². The maximum Gasteiger partial charge on any atom is 0.231 e. The summed E-state index contributed by atoms with van der Waals surface area (Å²) < 4.78 is 25.2. The number of rotatable bonds is 6. The lowest BCUT2D eigenvalue weighted by Crippen LogP contribution is -2.27. The van der Waals surface area contributed by atoms with E-state index in [1.807, 2.05) is 11.9 Å². The molecule has 2 heterocycles. The van der Waals surface area contributed by atoms with Crippen LogP contribution in [0.1, 0.15) is 13.8 Å². The highest BCUT2D eigenvalue weighted by Crippen LogP contribution is 2.25. The lowest BCUT2D eigenvalue weighted by Gasteiger charge is -2.23. The molecule has 0 saturated heterocycles. The number of benzene rings is 1. The van der Waals surface area contributed by atoms with E-state index < -0.39 is 10.0 Å². The van der Waals surface area contributed by atoms with E-state index in [1.165, 1.54) is 0 Å². The second kappa shape index (κ2) is 6.79. The normalized spacial score (nSPS) is 11.7. The molecule has 3 rings (SSSR count). The molecule has 3 aromatic rings. The van der Waals surface area contributed by atoms with Gasteiger partial charge in [0, 0.05) is 18.8 Å². The summed E-state index contributed by atoms with van der Waals surface area (Å²) in [4.78, 5) is 18.3. The van der Waals surface area contributed by atoms with Gasteiger partial charge in [0.25, 0.3) is 0 Å². The van der Waals surface area contributed by atoms with Gasteiger partial charge in [0.1, 0.15) is 5.52 Å². The molecule has 0 saturated carbocycles. The van der Waals surface area contributed by atoms with E-state index in [0.717, 1.165) is 17.6 Å². The van der Waals surface area contributed by atoms with Gasteiger partial charge in [-0.3, -0.25) is 4.72 Å². The van der Waals surface area contributed by atoms with Gasteiger partial charge in [-0.2, -0.15) is 9.97 Å². The molecule has 0 spiro atoms. The molecule has 0 bridgehead atoms. The molecule has 0 aliphatic rings. The number of nitrogens with one attached hydrogen (secondary N) is 3. The molecule has 26 heavy (non-hydrogen) atoms. The van der Waals surface area contributed by atoms with Crippen LogP contribution in [0.5, 0.6) is 0 Å². The Morgan fingerprint density at radius 1 is 1.19 bits per heavy atom. The van der Waals surface area contributed by atoms with Crippen molar-refractivity contribution in [3.05, 3.63) is 30.6 Å². The van der Waals surface area contributed by atoms with Crippen LogP contribution in [0.25, 0.3) is 11.2 Å².